The predicted molar refractivity (Wildman–Crippen MR) is 130 cm³/mol. The average molecular weight is 414 g/mol. The lowest BCUT2D eigenvalue weighted by Gasteiger charge is -2.13. The van der Waals surface area contributed by atoms with E-state index >= 15 is 0 Å². The highest BCUT2D eigenvalue weighted by molar-refractivity contribution is 6.22. The molecule has 0 bridgehead atoms. The molecule has 0 atom stereocenters. The van der Waals surface area contributed by atoms with E-state index in [0.717, 1.165) is 43.8 Å². The van der Waals surface area contributed by atoms with Gasteiger partial charge in [-0.1, -0.05) is 72.8 Å². The molecule has 4 heteroatoms. The summed E-state index contributed by atoms with van der Waals surface area (Å²) < 4.78 is 2.29. The maximum Gasteiger partial charge on any atom is 0.277 e. The Hall–Kier alpha value is -4.44. The van der Waals surface area contributed by atoms with Crippen LogP contribution in [0.3, 0.4) is 0 Å². The zero-order valence-corrected chi connectivity index (χ0v) is 17.1. The van der Waals surface area contributed by atoms with Crippen molar-refractivity contribution in [3.8, 4) is 16.8 Å². The van der Waals surface area contributed by atoms with Crippen LogP contribution in [0.4, 0.5) is 5.69 Å². The third kappa shape index (κ3) is 2.63. The highest BCUT2D eigenvalue weighted by atomic mass is 16.6. The van der Waals surface area contributed by atoms with Gasteiger partial charge in [-0.05, 0) is 41.3 Å². The molecule has 0 spiro atoms. The summed E-state index contributed by atoms with van der Waals surface area (Å²) in [6.45, 7) is 0. The van der Waals surface area contributed by atoms with Crippen molar-refractivity contribution < 1.29 is 4.92 Å². The minimum absolute atomic E-state index is 0.115. The van der Waals surface area contributed by atoms with Crippen molar-refractivity contribution >= 4 is 38.3 Å². The van der Waals surface area contributed by atoms with E-state index in [4.69, 9.17) is 0 Å². The Bertz CT molecular complexity index is 1650. The van der Waals surface area contributed by atoms with E-state index < -0.39 is 0 Å². The minimum atomic E-state index is -0.304. The molecule has 0 aliphatic heterocycles. The topological polar surface area (TPSA) is 48.1 Å². The molecule has 32 heavy (non-hydrogen) atoms. The maximum atomic E-state index is 11.8. The molecule has 0 N–H and O–H groups in total. The summed E-state index contributed by atoms with van der Waals surface area (Å²) in [5, 5.41) is 16.1. The van der Waals surface area contributed by atoms with Crippen molar-refractivity contribution in [1.29, 1.82) is 0 Å². The normalized spacial score (nSPS) is 11.4. The van der Waals surface area contributed by atoms with Gasteiger partial charge in [0.05, 0.1) is 21.5 Å². The zero-order valence-electron chi connectivity index (χ0n) is 17.1. The van der Waals surface area contributed by atoms with Crippen LogP contribution in [0.15, 0.2) is 109 Å². The lowest BCUT2D eigenvalue weighted by molar-refractivity contribution is -0.384. The number of nitrogens with zero attached hydrogens (tertiary/aromatic N) is 2. The fourth-order valence-electron chi connectivity index (χ4n) is 4.75. The molecule has 0 unspecified atom stereocenters. The van der Waals surface area contributed by atoms with Gasteiger partial charge in [0.15, 0.2) is 0 Å². The minimum Gasteiger partial charge on any atom is -0.309 e. The quantitative estimate of drug-likeness (QED) is 0.222. The van der Waals surface area contributed by atoms with Crippen LogP contribution in [-0.4, -0.2) is 9.49 Å². The van der Waals surface area contributed by atoms with E-state index in [1.165, 1.54) is 0 Å². The van der Waals surface area contributed by atoms with Crippen molar-refractivity contribution in [2.75, 3.05) is 0 Å². The molecule has 0 aliphatic carbocycles. The molecule has 0 radical (unpaired) electrons. The first-order valence-corrected chi connectivity index (χ1v) is 10.5. The number of rotatable bonds is 3. The van der Waals surface area contributed by atoms with Gasteiger partial charge in [-0.2, -0.15) is 0 Å². The van der Waals surface area contributed by atoms with Gasteiger partial charge < -0.3 is 4.57 Å². The standard InChI is InChI=1S/C28H18N2O2/c31-30(32)27-17-9-7-13-21(27)24-18-25-22-14-6-8-16-26(22)29(19-10-2-1-3-11-19)28(25)23-15-5-4-12-20(23)24/h1-18H. The lowest BCUT2D eigenvalue weighted by Crippen LogP contribution is -1.95. The van der Waals surface area contributed by atoms with Crippen LogP contribution in [-0.2, 0) is 0 Å². The maximum absolute atomic E-state index is 11.8. The Morgan fingerprint density at radius 2 is 1.22 bits per heavy atom. The molecule has 5 aromatic carbocycles. The van der Waals surface area contributed by atoms with Crippen LogP contribution < -0.4 is 0 Å². The highest BCUT2D eigenvalue weighted by Gasteiger charge is 2.21. The van der Waals surface area contributed by atoms with E-state index in [2.05, 4.69) is 41.0 Å². The van der Waals surface area contributed by atoms with Gasteiger partial charge in [0.25, 0.3) is 5.69 Å². The first-order chi connectivity index (χ1) is 15.7. The summed E-state index contributed by atoms with van der Waals surface area (Å²) in [6.07, 6.45) is 0. The van der Waals surface area contributed by atoms with Gasteiger partial charge in [0.2, 0.25) is 0 Å². The second-order valence-corrected chi connectivity index (χ2v) is 7.83. The molecule has 4 nitrogen and oxygen atoms in total. The zero-order chi connectivity index (χ0) is 21.7. The molecule has 152 valence electrons. The van der Waals surface area contributed by atoms with Gasteiger partial charge in [-0.15, -0.1) is 0 Å². The van der Waals surface area contributed by atoms with E-state index in [1.807, 2.05) is 60.7 Å². The van der Waals surface area contributed by atoms with Gasteiger partial charge in [0, 0.05) is 27.9 Å². The number of aromatic nitrogens is 1. The van der Waals surface area contributed by atoms with Crippen LogP contribution in [0.25, 0.3) is 49.4 Å². The Kier molecular flexibility index (Phi) is 4.05. The molecular formula is C28H18N2O2. The fraction of sp³-hybridized carbons (Fsp3) is 0. The second-order valence-electron chi connectivity index (χ2n) is 7.83. The van der Waals surface area contributed by atoms with Crippen LogP contribution in [0, 0.1) is 10.1 Å². The van der Waals surface area contributed by atoms with Crippen molar-refractivity contribution in [2.24, 2.45) is 0 Å². The first kappa shape index (κ1) is 18.3. The van der Waals surface area contributed by atoms with Crippen molar-refractivity contribution in [2.45, 2.75) is 0 Å². The molecule has 1 heterocycles. The van der Waals surface area contributed by atoms with E-state index in [9.17, 15) is 10.1 Å². The summed E-state index contributed by atoms with van der Waals surface area (Å²) in [4.78, 5) is 11.5. The summed E-state index contributed by atoms with van der Waals surface area (Å²) in [7, 11) is 0. The fourth-order valence-corrected chi connectivity index (χ4v) is 4.75. The molecular weight excluding hydrogens is 396 g/mol. The number of para-hydroxylation sites is 3. The summed E-state index contributed by atoms with van der Waals surface area (Å²) in [6, 6.07) is 35.9. The number of nitro benzene ring substituents is 1. The summed E-state index contributed by atoms with van der Waals surface area (Å²) in [5.41, 5.74) is 4.92. The molecule has 0 aliphatic rings. The van der Waals surface area contributed by atoms with Crippen LogP contribution in [0.2, 0.25) is 0 Å². The summed E-state index contributed by atoms with van der Waals surface area (Å²) in [5.74, 6) is 0. The monoisotopic (exact) mass is 414 g/mol. The number of nitro groups is 1. The van der Waals surface area contributed by atoms with Gasteiger partial charge >= 0.3 is 0 Å². The number of benzene rings is 5. The third-order valence-electron chi connectivity index (χ3n) is 6.08. The van der Waals surface area contributed by atoms with E-state index in [1.54, 1.807) is 12.1 Å². The molecule has 0 fully saturated rings. The highest BCUT2D eigenvalue weighted by Crippen LogP contribution is 2.42. The Morgan fingerprint density at radius 1 is 0.594 bits per heavy atom. The van der Waals surface area contributed by atoms with Crippen molar-refractivity contribution in [3.05, 3.63) is 119 Å². The molecule has 6 aromatic rings. The number of fused-ring (bicyclic) bond motifs is 5. The molecule has 1 aromatic heterocycles. The largest absolute Gasteiger partial charge is 0.309 e. The van der Waals surface area contributed by atoms with Crippen LogP contribution >= 0.6 is 0 Å². The van der Waals surface area contributed by atoms with Crippen LogP contribution in [0.5, 0.6) is 0 Å². The first-order valence-electron chi connectivity index (χ1n) is 10.5. The number of hydrogen-bond acceptors (Lipinski definition) is 2. The average Bonchev–Trinajstić information content (AvgIpc) is 3.19. The summed E-state index contributed by atoms with van der Waals surface area (Å²) >= 11 is 0. The van der Waals surface area contributed by atoms with E-state index in [-0.39, 0.29) is 10.6 Å². The lowest BCUT2D eigenvalue weighted by atomic mass is 9.94. The van der Waals surface area contributed by atoms with E-state index in [0.29, 0.717) is 5.56 Å². The molecule has 0 amide bonds. The van der Waals surface area contributed by atoms with Gasteiger partial charge in [0.1, 0.15) is 0 Å². The Labute approximate surface area is 184 Å². The smallest absolute Gasteiger partial charge is 0.277 e. The Morgan fingerprint density at radius 3 is 2.00 bits per heavy atom. The molecule has 6 rings (SSSR count). The molecule has 0 saturated carbocycles. The van der Waals surface area contributed by atoms with Crippen molar-refractivity contribution in [1.82, 2.24) is 4.57 Å². The molecule has 0 saturated heterocycles. The van der Waals surface area contributed by atoms with Gasteiger partial charge in [-0.25, -0.2) is 0 Å². The SMILES string of the molecule is O=[N+]([O-])c1ccccc1-c1cc2c3ccccc3n(-c3ccccc3)c2c2ccccc12. The second kappa shape index (κ2) is 7.06. The van der Waals surface area contributed by atoms with Crippen LogP contribution in [0.1, 0.15) is 0 Å². The Balaban J connectivity index is 1.84. The number of hydrogen-bond donors (Lipinski definition) is 0. The van der Waals surface area contributed by atoms with Crippen molar-refractivity contribution in [3.63, 3.8) is 0 Å². The predicted octanol–water partition coefficient (Wildman–Crippen LogP) is 7.51. The van der Waals surface area contributed by atoms with Gasteiger partial charge in [-0.3, -0.25) is 10.1 Å². The third-order valence-corrected chi connectivity index (χ3v) is 6.08.